The minimum Gasteiger partial charge on any atom is -0.378 e. The molecular formula is C32H52O2. The van der Waals surface area contributed by atoms with E-state index in [0.717, 1.165) is 36.9 Å². The number of hydrogen-bond donors (Lipinski definition) is 0. The van der Waals surface area contributed by atoms with Crippen LogP contribution in [-0.2, 0) is 9.47 Å². The number of fused-ring (bicyclic) bond motifs is 1. The van der Waals surface area contributed by atoms with Gasteiger partial charge in [0.2, 0.25) is 0 Å². The van der Waals surface area contributed by atoms with Crippen LogP contribution >= 0.6 is 0 Å². The fourth-order valence-corrected chi connectivity index (χ4v) is 7.99. The average Bonchev–Trinajstić information content (AvgIpc) is 2.91. The minimum atomic E-state index is 0.519. The first-order valence-electron chi connectivity index (χ1n) is 15.6. The molecule has 5 aliphatic rings. The first-order chi connectivity index (χ1) is 16.8. The molecule has 0 radical (unpaired) electrons. The standard InChI is InChI=1S/C32H52O2/c1-3-7-27(8-4-1)23-33-31-18-14-25(15-19-31)11-12-26-13-16-30-22-32(20-17-29(30)21-26)34-24-28-9-5-2-6-10-28/h25-32H,1-10,13-24H2. The first kappa shape index (κ1) is 25.1. The summed E-state index contributed by atoms with van der Waals surface area (Å²) in [5.74, 6) is 12.4. The Balaban J connectivity index is 0.974. The highest BCUT2D eigenvalue weighted by Crippen LogP contribution is 2.43. The van der Waals surface area contributed by atoms with Crippen molar-refractivity contribution >= 4 is 0 Å². The van der Waals surface area contributed by atoms with Crippen molar-refractivity contribution in [2.24, 2.45) is 35.5 Å². The van der Waals surface area contributed by atoms with Crippen LogP contribution in [0.5, 0.6) is 0 Å². The van der Waals surface area contributed by atoms with Crippen molar-refractivity contribution < 1.29 is 9.47 Å². The second-order valence-corrected chi connectivity index (χ2v) is 12.9. The van der Waals surface area contributed by atoms with Gasteiger partial charge in [-0.3, -0.25) is 0 Å². The lowest BCUT2D eigenvalue weighted by Gasteiger charge is -2.41. The third-order valence-corrected chi connectivity index (χ3v) is 10.3. The summed E-state index contributed by atoms with van der Waals surface area (Å²) in [6.07, 6.45) is 28.4. The summed E-state index contributed by atoms with van der Waals surface area (Å²) in [5.41, 5.74) is 0. The SMILES string of the molecule is C(#CC1CCC2CC(OCC3CCCCC3)CCC2C1)C1CCC(OCC2CCCCC2)CC1. The van der Waals surface area contributed by atoms with Gasteiger partial charge >= 0.3 is 0 Å². The fourth-order valence-electron chi connectivity index (χ4n) is 7.99. The summed E-state index contributed by atoms with van der Waals surface area (Å²) in [6, 6.07) is 0. The Hall–Kier alpha value is -0.520. The van der Waals surface area contributed by atoms with Crippen LogP contribution in [0.4, 0.5) is 0 Å². The molecule has 2 heteroatoms. The van der Waals surface area contributed by atoms with Crippen molar-refractivity contribution in [2.75, 3.05) is 13.2 Å². The molecule has 0 aromatic rings. The van der Waals surface area contributed by atoms with E-state index in [0.29, 0.717) is 24.0 Å². The van der Waals surface area contributed by atoms with E-state index in [4.69, 9.17) is 9.47 Å². The van der Waals surface area contributed by atoms with Crippen LogP contribution in [0.25, 0.3) is 0 Å². The molecule has 0 saturated heterocycles. The van der Waals surface area contributed by atoms with Gasteiger partial charge in [-0.25, -0.2) is 0 Å². The largest absolute Gasteiger partial charge is 0.378 e. The molecule has 5 aliphatic carbocycles. The molecular weight excluding hydrogens is 416 g/mol. The molecule has 0 heterocycles. The molecule has 0 bridgehead atoms. The Kier molecular flexibility index (Phi) is 9.72. The highest BCUT2D eigenvalue weighted by atomic mass is 16.5. The van der Waals surface area contributed by atoms with Gasteiger partial charge in [0.25, 0.3) is 0 Å². The zero-order valence-electron chi connectivity index (χ0n) is 22.0. The van der Waals surface area contributed by atoms with E-state index in [9.17, 15) is 0 Å². The molecule has 192 valence electrons. The van der Waals surface area contributed by atoms with Crippen LogP contribution in [-0.4, -0.2) is 25.4 Å². The lowest BCUT2D eigenvalue weighted by molar-refractivity contribution is -0.0336. The molecule has 0 aliphatic heterocycles. The van der Waals surface area contributed by atoms with Gasteiger partial charge in [-0.2, -0.15) is 0 Å². The van der Waals surface area contributed by atoms with E-state index in [1.165, 1.54) is 128 Å². The molecule has 0 N–H and O–H groups in total. The van der Waals surface area contributed by atoms with Gasteiger partial charge < -0.3 is 9.47 Å². The van der Waals surface area contributed by atoms with Crippen molar-refractivity contribution in [1.29, 1.82) is 0 Å². The third kappa shape index (κ3) is 7.49. The van der Waals surface area contributed by atoms with Gasteiger partial charge in [0.05, 0.1) is 12.2 Å². The lowest BCUT2D eigenvalue weighted by atomic mass is 9.67. The fraction of sp³-hybridized carbons (Fsp3) is 0.938. The molecule has 4 unspecified atom stereocenters. The number of rotatable bonds is 6. The van der Waals surface area contributed by atoms with Crippen molar-refractivity contribution in [3.63, 3.8) is 0 Å². The summed E-state index contributed by atoms with van der Waals surface area (Å²) >= 11 is 0. The monoisotopic (exact) mass is 468 g/mol. The van der Waals surface area contributed by atoms with E-state index in [-0.39, 0.29) is 0 Å². The maximum atomic E-state index is 6.45. The second-order valence-electron chi connectivity index (χ2n) is 12.9. The maximum absolute atomic E-state index is 6.45. The van der Waals surface area contributed by atoms with E-state index >= 15 is 0 Å². The quantitative estimate of drug-likeness (QED) is 0.365. The van der Waals surface area contributed by atoms with Gasteiger partial charge in [0.1, 0.15) is 0 Å². The molecule has 0 aromatic heterocycles. The highest BCUT2D eigenvalue weighted by molar-refractivity contribution is 5.10. The smallest absolute Gasteiger partial charge is 0.0578 e. The van der Waals surface area contributed by atoms with E-state index in [1.807, 2.05) is 0 Å². The van der Waals surface area contributed by atoms with Crippen LogP contribution in [0.15, 0.2) is 0 Å². The summed E-state index contributed by atoms with van der Waals surface area (Å²) in [5, 5.41) is 0. The summed E-state index contributed by atoms with van der Waals surface area (Å²) in [6.45, 7) is 2.07. The molecule has 5 saturated carbocycles. The third-order valence-electron chi connectivity index (χ3n) is 10.3. The Morgan fingerprint density at radius 1 is 0.441 bits per heavy atom. The summed E-state index contributed by atoms with van der Waals surface area (Å²) in [7, 11) is 0. The Labute approximate surface area is 210 Å². The Morgan fingerprint density at radius 2 is 0.941 bits per heavy atom. The van der Waals surface area contributed by atoms with Crippen molar-refractivity contribution in [3.8, 4) is 11.8 Å². The van der Waals surface area contributed by atoms with Crippen LogP contribution in [0.1, 0.15) is 128 Å². The van der Waals surface area contributed by atoms with Crippen molar-refractivity contribution in [2.45, 2.75) is 141 Å². The Bertz CT molecular complexity index is 642. The zero-order valence-corrected chi connectivity index (χ0v) is 22.0. The predicted octanol–water partition coefficient (Wildman–Crippen LogP) is 8.33. The van der Waals surface area contributed by atoms with E-state index in [1.54, 1.807) is 0 Å². The maximum Gasteiger partial charge on any atom is 0.0578 e. The first-order valence-corrected chi connectivity index (χ1v) is 15.6. The summed E-state index contributed by atoms with van der Waals surface area (Å²) < 4.78 is 12.8. The van der Waals surface area contributed by atoms with Crippen molar-refractivity contribution in [1.82, 2.24) is 0 Å². The van der Waals surface area contributed by atoms with Gasteiger partial charge in [0, 0.05) is 25.0 Å². The van der Waals surface area contributed by atoms with Crippen LogP contribution < -0.4 is 0 Å². The van der Waals surface area contributed by atoms with E-state index < -0.39 is 0 Å². The minimum absolute atomic E-state index is 0.519. The van der Waals surface area contributed by atoms with Gasteiger partial charge in [-0.1, -0.05) is 50.4 Å². The molecule has 0 aromatic carbocycles. The van der Waals surface area contributed by atoms with E-state index in [2.05, 4.69) is 11.8 Å². The molecule has 4 atom stereocenters. The zero-order chi connectivity index (χ0) is 23.0. The van der Waals surface area contributed by atoms with Gasteiger partial charge in [-0.15, -0.1) is 0 Å². The molecule has 5 rings (SSSR count). The molecule has 34 heavy (non-hydrogen) atoms. The number of ether oxygens (including phenoxy) is 2. The highest BCUT2D eigenvalue weighted by Gasteiger charge is 2.36. The molecule has 5 fully saturated rings. The lowest BCUT2D eigenvalue weighted by Crippen LogP contribution is -2.34. The predicted molar refractivity (Wildman–Crippen MR) is 141 cm³/mol. The van der Waals surface area contributed by atoms with Crippen LogP contribution in [0, 0.1) is 47.3 Å². The van der Waals surface area contributed by atoms with Gasteiger partial charge in [-0.05, 0) is 114 Å². The topological polar surface area (TPSA) is 18.5 Å². The normalized spacial score (nSPS) is 38.0. The van der Waals surface area contributed by atoms with Crippen LogP contribution in [0.3, 0.4) is 0 Å². The number of hydrogen-bond acceptors (Lipinski definition) is 2. The molecule has 2 nitrogen and oxygen atoms in total. The van der Waals surface area contributed by atoms with Crippen molar-refractivity contribution in [3.05, 3.63) is 0 Å². The second kappa shape index (κ2) is 13.1. The Morgan fingerprint density at radius 3 is 1.62 bits per heavy atom. The van der Waals surface area contributed by atoms with Gasteiger partial charge in [0.15, 0.2) is 0 Å². The molecule has 0 amide bonds. The average molecular weight is 469 g/mol. The van der Waals surface area contributed by atoms with Crippen LogP contribution in [0.2, 0.25) is 0 Å². The molecule has 0 spiro atoms. The summed E-state index contributed by atoms with van der Waals surface area (Å²) in [4.78, 5) is 0.